The van der Waals surface area contributed by atoms with Crippen molar-refractivity contribution in [2.24, 2.45) is 0 Å². The number of nitrogens with one attached hydrogen (secondary N) is 2. The third-order valence-electron chi connectivity index (χ3n) is 7.66. The number of ether oxygens (including phenoxy) is 1. The van der Waals surface area contributed by atoms with Crippen LogP contribution in [0.4, 0.5) is 13.2 Å². The molecular weight excluding hydrogens is 509 g/mol. The Balaban J connectivity index is 1.28. The molecule has 2 aromatic carbocycles. The van der Waals surface area contributed by atoms with Crippen LogP contribution in [0.15, 0.2) is 60.8 Å². The van der Waals surface area contributed by atoms with Crippen LogP contribution in [0.25, 0.3) is 0 Å². The lowest BCUT2D eigenvalue weighted by Crippen LogP contribution is -2.55. The van der Waals surface area contributed by atoms with Gasteiger partial charge in [-0.15, -0.1) is 0 Å². The van der Waals surface area contributed by atoms with E-state index >= 15 is 0 Å². The van der Waals surface area contributed by atoms with Gasteiger partial charge in [-0.2, -0.15) is 13.2 Å². The number of piperidine rings is 2. The molecule has 2 N–H and O–H groups in total. The monoisotopic (exact) mass is 542 g/mol. The van der Waals surface area contributed by atoms with Crippen LogP contribution in [0.3, 0.4) is 0 Å². The summed E-state index contributed by atoms with van der Waals surface area (Å²) in [5, 5.41) is 6.27. The molecule has 39 heavy (non-hydrogen) atoms. The SMILES string of the molecule is C=C1CCC(N2Cc3cc(OC4CN(CCC(F)(F)F)CCC4NCc4ccccc4)ccc3C2=O)C(=O)N1. The molecule has 3 aliphatic rings. The molecule has 2 fully saturated rings. The number of amides is 2. The van der Waals surface area contributed by atoms with Crippen LogP contribution >= 0.6 is 0 Å². The average molecular weight is 543 g/mol. The largest absolute Gasteiger partial charge is 0.487 e. The van der Waals surface area contributed by atoms with E-state index in [2.05, 4.69) is 17.2 Å². The van der Waals surface area contributed by atoms with Crippen LogP contribution < -0.4 is 15.4 Å². The lowest BCUT2D eigenvalue weighted by atomic mass is 10.0. The summed E-state index contributed by atoms with van der Waals surface area (Å²) in [5.41, 5.74) is 3.08. The van der Waals surface area contributed by atoms with Gasteiger partial charge in [0, 0.05) is 43.5 Å². The molecule has 3 unspecified atom stereocenters. The Hall–Kier alpha value is -3.37. The number of alkyl halides is 3. The van der Waals surface area contributed by atoms with E-state index in [-0.39, 0.29) is 30.5 Å². The quantitative estimate of drug-likeness (QED) is 0.528. The first-order valence-electron chi connectivity index (χ1n) is 13.3. The second-order valence-corrected chi connectivity index (χ2v) is 10.5. The first kappa shape index (κ1) is 27.2. The van der Waals surface area contributed by atoms with E-state index in [1.807, 2.05) is 36.4 Å². The minimum atomic E-state index is -4.21. The van der Waals surface area contributed by atoms with Crippen molar-refractivity contribution in [2.75, 3.05) is 19.6 Å². The van der Waals surface area contributed by atoms with Crippen molar-refractivity contribution < 1.29 is 27.5 Å². The maximum Gasteiger partial charge on any atom is 0.390 e. The molecule has 10 heteroatoms. The summed E-state index contributed by atoms with van der Waals surface area (Å²) in [6.45, 7) is 5.56. The Bertz CT molecular complexity index is 1220. The van der Waals surface area contributed by atoms with Gasteiger partial charge in [0.2, 0.25) is 5.91 Å². The second kappa shape index (κ2) is 11.4. The van der Waals surface area contributed by atoms with Crippen molar-refractivity contribution in [1.82, 2.24) is 20.4 Å². The number of nitrogens with zero attached hydrogens (tertiary/aromatic N) is 2. The summed E-state index contributed by atoms with van der Waals surface area (Å²) < 4.78 is 45.0. The fraction of sp³-hybridized carbons (Fsp3) is 0.448. The molecule has 3 atom stereocenters. The predicted octanol–water partition coefficient (Wildman–Crippen LogP) is 4.00. The van der Waals surface area contributed by atoms with E-state index in [4.69, 9.17) is 4.74 Å². The van der Waals surface area contributed by atoms with Gasteiger partial charge in [0.15, 0.2) is 0 Å². The first-order chi connectivity index (χ1) is 18.7. The molecule has 0 saturated carbocycles. The van der Waals surface area contributed by atoms with Gasteiger partial charge in [-0.3, -0.25) is 14.5 Å². The molecule has 2 amide bonds. The zero-order valence-corrected chi connectivity index (χ0v) is 21.7. The number of hydrogen-bond acceptors (Lipinski definition) is 5. The van der Waals surface area contributed by atoms with Crippen molar-refractivity contribution in [3.63, 3.8) is 0 Å². The Kier molecular flexibility index (Phi) is 7.95. The van der Waals surface area contributed by atoms with Gasteiger partial charge in [0.1, 0.15) is 17.9 Å². The lowest BCUT2D eigenvalue weighted by Gasteiger charge is -2.39. The number of rotatable bonds is 8. The zero-order valence-electron chi connectivity index (χ0n) is 21.7. The van der Waals surface area contributed by atoms with Crippen LogP contribution in [-0.2, 0) is 17.9 Å². The van der Waals surface area contributed by atoms with E-state index in [1.54, 1.807) is 21.9 Å². The summed E-state index contributed by atoms with van der Waals surface area (Å²) in [6, 6.07) is 14.6. The average Bonchev–Trinajstić information content (AvgIpc) is 3.22. The van der Waals surface area contributed by atoms with Gasteiger partial charge in [0.05, 0.1) is 6.42 Å². The Morgan fingerprint density at radius 3 is 2.64 bits per heavy atom. The highest BCUT2D eigenvalue weighted by atomic mass is 19.4. The van der Waals surface area contributed by atoms with Gasteiger partial charge >= 0.3 is 6.18 Å². The van der Waals surface area contributed by atoms with Crippen LogP contribution in [-0.4, -0.2) is 65.6 Å². The van der Waals surface area contributed by atoms with Gasteiger partial charge in [0.25, 0.3) is 5.91 Å². The number of carbonyl (C=O) groups is 2. The van der Waals surface area contributed by atoms with Crippen LogP contribution in [0.2, 0.25) is 0 Å². The highest BCUT2D eigenvalue weighted by molar-refractivity contribution is 6.01. The molecule has 0 spiro atoms. The zero-order chi connectivity index (χ0) is 27.6. The fourth-order valence-electron chi connectivity index (χ4n) is 5.55. The molecule has 3 aliphatic heterocycles. The number of benzene rings is 2. The van der Waals surface area contributed by atoms with E-state index in [0.717, 1.165) is 11.1 Å². The Labute approximate surface area is 226 Å². The highest BCUT2D eigenvalue weighted by Crippen LogP contribution is 2.32. The molecule has 2 aromatic rings. The van der Waals surface area contributed by atoms with Crippen molar-refractivity contribution in [1.29, 1.82) is 0 Å². The summed E-state index contributed by atoms with van der Waals surface area (Å²) in [7, 11) is 0. The second-order valence-electron chi connectivity index (χ2n) is 10.5. The molecule has 2 saturated heterocycles. The fourth-order valence-corrected chi connectivity index (χ4v) is 5.55. The molecule has 0 bridgehead atoms. The summed E-state index contributed by atoms with van der Waals surface area (Å²) >= 11 is 0. The Morgan fingerprint density at radius 2 is 1.90 bits per heavy atom. The van der Waals surface area contributed by atoms with E-state index in [0.29, 0.717) is 62.5 Å². The van der Waals surface area contributed by atoms with Crippen molar-refractivity contribution in [2.45, 2.75) is 63.1 Å². The van der Waals surface area contributed by atoms with Gasteiger partial charge < -0.3 is 20.3 Å². The minimum Gasteiger partial charge on any atom is -0.487 e. The molecule has 0 aliphatic carbocycles. The standard InChI is InChI=1S/C29H33F3N4O3/c1-19-7-10-25(27(37)34-19)36-17-21-15-22(8-9-23(21)28(36)38)39-26-18-35(14-12-29(30,31)32)13-11-24(26)33-16-20-5-3-2-4-6-20/h2-6,8-9,15,24-26,33H,1,7,10-14,16-18H2,(H,34,37). The highest BCUT2D eigenvalue weighted by Gasteiger charge is 2.39. The number of fused-ring (bicyclic) bond motifs is 1. The van der Waals surface area contributed by atoms with Gasteiger partial charge in [-0.1, -0.05) is 36.9 Å². The molecule has 7 nitrogen and oxygen atoms in total. The summed E-state index contributed by atoms with van der Waals surface area (Å²) in [4.78, 5) is 28.9. The molecule has 0 radical (unpaired) electrons. The Morgan fingerprint density at radius 1 is 1.10 bits per heavy atom. The maximum absolute atomic E-state index is 13.1. The van der Waals surface area contributed by atoms with E-state index in [9.17, 15) is 22.8 Å². The van der Waals surface area contributed by atoms with Gasteiger partial charge in [-0.25, -0.2) is 0 Å². The predicted molar refractivity (Wildman–Crippen MR) is 140 cm³/mol. The molecule has 208 valence electrons. The lowest BCUT2D eigenvalue weighted by molar-refractivity contribution is -0.139. The molecule has 5 rings (SSSR count). The van der Waals surface area contributed by atoms with E-state index in [1.165, 1.54) is 0 Å². The first-order valence-corrected chi connectivity index (χ1v) is 13.3. The number of allylic oxidation sites excluding steroid dienone is 1. The normalized spacial score (nSPS) is 24.0. The third-order valence-corrected chi connectivity index (χ3v) is 7.66. The topological polar surface area (TPSA) is 73.9 Å². The van der Waals surface area contributed by atoms with Crippen LogP contribution in [0.1, 0.15) is 47.2 Å². The van der Waals surface area contributed by atoms with Crippen molar-refractivity contribution in [3.8, 4) is 5.75 Å². The maximum atomic E-state index is 13.1. The molecule has 3 heterocycles. The smallest absolute Gasteiger partial charge is 0.390 e. The van der Waals surface area contributed by atoms with Crippen LogP contribution in [0, 0.1) is 0 Å². The summed E-state index contributed by atoms with van der Waals surface area (Å²) in [6.07, 6.45) is -3.65. The molecular formula is C29H33F3N4O3. The van der Waals surface area contributed by atoms with Crippen molar-refractivity contribution in [3.05, 3.63) is 77.5 Å². The van der Waals surface area contributed by atoms with Gasteiger partial charge in [-0.05, 0) is 55.1 Å². The molecule has 0 aromatic heterocycles. The van der Waals surface area contributed by atoms with Crippen LogP contribution in [0.5, 0.6) is 5.75 Å². The number of hydrogen-bond donors (Lipinski definition) is 2. The van der Waals surface area contributed by atoms with Crippen molar-refractivity contribution >= 4 is 11.8 Å². The summed E-state index contributed by atoms with van der Waals surface area (Å²) in [5.74, 6) is 0.138. The number of carbonyl (C=O) groups excluding carboxylic acids is 2. The number of halogens is 3. The minimum absolute atomic E-state index is 0.0576. The third kappa shape index (κ3) is 6.62. The number of likely N-dealkylation sites (tertiary alicyclic amines) is 1. The van der Waals surface area contributed by atoms with E-state index < -0.39 is 18.6 Å².